The van der Waals surface area contributed by atoms with Gasteiger partial charge in [-0.25, -0.2) is 4.39 Å². The highest BCUT2D eigenvalue weighted by atomic mass is 19.1. The van der Waals surface area contributed by atoms with Crippen molar-refractivity contribution in [3.05, 3.63) is 58.8 Å². The number of methoxy groups -OCH3 is 1. The number of nitrogens with one attached hydrogen (secondary N) is 1. The number of carbonyl (C=O) groups is 1. The number of amides is 1. The Morgan fingerprint density at radius 1 is 1.29 bits per heavy atom. The molecule has 1 aromatic carbocycles. The van der Waals surface area contributed by atoms with Crippen LogP contribution in [0, 0.1) is 5.82 Å². The first-order valence-electron chi connectivity index (χ1n) is 6.34. The Morgan fingerprint density at radius 2 is 1.95 bits per heavy atom. The normalized spacial score (nSPS) is 11.8. The van der Waals surface area contributed by atoms with Gasteiger partial charge in [0.15, 0.2) is 5.75 Å². The topological polar surface area (TPSA) is 60.3 Å². The van der Waals surface area contributed by atoms with Gasteiger partial charge in [0.2, 0.25) is 5.91 Å². The third kappa shape index (κ3) is 3.28. The Balaban J connectivity index is 2.20. The van der Waals surface area contributed by atoms with Gasteiger partial charge in [-0.15, -0.1) is 0 Å². The van der Waals surface area contributed by atoms with Crippen molar-refractivity contribution in [1.82, 2.24) is 4.57 Å². The number of halogens is 1. The number of rotatable bonds is 4. The van der Waals surface area contributed by atoms with Gasteiger partial charge < -0.3 is 14.6 Å². The molecule has 1 amide bonds. The van der Waals surface area contributed by atoms with Crippen LogP contribution in [0.5, 0.6) is 5.75 Å². The van der Waals surface area contributed by atoms with Gasteiger partial charge >= 0.3 is 0 Å². The summed E-state index contributed by atoms with van der Waals surface area (Å²) in [5.74, 6) is -0.596. The van der Waals surface area contributed by atoms with Crippen LogP contribution in [0.15, 0.2) is 47.4 Å². The molecule has 2 aromatic rings. The minimum Gasteiger partial charge on any atom is -0.491 e. The number of benzene rings is 1. The van der Waals surface area contributed by atoms with Gasteiger partial charge in [0.05, 0.1) is 7.11 Å². The summed E-state index contributed by atoms with van der Waals surface area (Å²) in [5.41, 5.74) is 0.0750. The fourth-order valence-corrected chi connectivity index (χ4v) is 1.86. The molecule has 0 saturated carbocycles. The Labute approximate surface area is 121 Å². The Bertz CT molecular complexity index is 695. The van der Waals surface area contributed by atoms with E-state index in [0.717, 1.165) is 0 Å². The van der Waals surface area contributed by atoms with Crippen LogP contribution in [0.3, 0.4) is 0 Å². The van der Waals surface area contributed by atoms with E-state index in [4.69, 9.17) is 4.74 Å². The van der Waals surface area contributed by atoms with Gasteiger partial charge in [0.1, 0.15) is 11.9 Å². The molecule has 0 spiro atoms. The lowest BCUT2D eigenvalue weighted by Gasteiger charge is -2.15. The van der Waals surface area contributed by atoms with Crippen LogP contribution in [0.4, 0.5) is 10.1 Å². The molecule has 0 aliphatic rings. The molecule has 1 N–H and O–H groups in total. The number of nitrogens with zero attached hydrogens (tertiary/aromatic N) is 1. The molecule has 110 valence electrons. The van der Waals surface area contributed by atoms with Gasteiger partial charge in [-0.2, -0.15) is 0 Å². The molecular weight excluding hydrogens is 275 g/mol. The Kier molecular flexibility index (Phi) is 4.37. The minimum absolute atomic E-state index is 0.166. The highest BCUT2D eigenvalue weighted by molar-refractivity contribution is 5.93. The van der Waals surface area contributed by atoms with E-state index in [1.54, 1.807) is 13.0 Å². The first-order valence-corrected chi connectivity index (χ1v) is 6.34. The molecular formula is C15H15FN2O3. The number of hydrogen-bond donors (Lipinski definition) is 1. The van der Waals surface area contributed by atoms with Gasteiger partial charge in [0, 0.05) is 11.9 Å². The van der Waals surface area contributed by atoms with Gasteiger partial charge in [-0.3, -0.25) is 9.59 Å². The highest BCUT2D eigenvalue weighted by Crippen LogP contribution is 2.12. The lowest BCUT2D eigenvalue weighted by Crippen LogP contribution is -2.31. The SMILES string of the molecule is COc1cccn(C(C)C(=O)Nc2ccc(F)cc2)c1=O. The molecule has 1 atom stereocenters. The van der Waals surface area contributed by atoms with Gasteiger partial charge in [-0.05, 0) is 43.3 Å². The van der Waals surface area contributed by atoms with Crippen molar-refractivity contribution < 1.29 is 13.9 Å². The fraction of sp³-hybridized carbons (Fsp3) is 0.200. The average Bonchev–Trinajstić information content (AvgIpc) is 2.49. The number of hydrogen-bond acceptors (Lipinski definition) is 3. The maximum atomic E-state index is 12.8. The molecule has 0 bridgehead atoms. The maximum Gasteiger partial charge on any atom is 0.293 e. The summed E-state index contributed by atoms with van der Waals surface area (Å²) in [4.78, 5) is 24.2. The van der Waals surface area contributed by atoms with E-state index in [0.29, 0.717) is 5.69 Å². The lowest BCUT2D eigenvalue weighted by atomic mass is 10.2. The van der Waals surface area contributed by atoms with Gasteiger partial charge in [-0.1, -0.05) is 0 Å². The Hall–Kier alpha value is -2.63. The predicted molar refractivity (Wildman–Crippen MR) is 77.0 cm³/mol. The molecule has 6 heteroatoms. The van der Waals surface area contributed by atoms with Crippen molar-refractivity contribution in [3.8, 4) is 5.75 Å². The van der Waals surface area contributed by atoms with Gasteiger partial charge in [0.25, 0.3) is 5.56 Å². The molecule has 1 unspecified atom stereocenters. The second-order valence-corrected chi connectivity index (χ2v) is 4.46. The number of ether oxygens (including phenoxy) is 1. The summed E-state index contributed by atoms with van der Waals surface area (Å²) >= 11 is 0. The molecule has 2 rings (SSSR count). The van der Waals surface area contributed by atoms with Crippen molar-refractivity contribution in [2.45, 2.75) is 13.0 Å². The number of aromatic nitrogens is 1. The molecule has 1 aromatic heterocycles. The third-order valence-corrected chi connectivity index (χ3v) is 3.07. The van der Waals surface area contributed by atoms with Crippen molar-refractivity contribution >= 4 is 11.6 Å². The van der Waals surface area contributed by atoms with E-state index >= 15 is 0 Å². The standard InChI is InChI=1S/C15H15FN2O3/c1-10(18-9-3-4-13(21-2)15(18)20)14(19)17-12-7-5-11(16)6-8-12/h3-10H,1-2H3,(H,17,19). The van der Waals surface area contributed by atoms with E-state index in [1.807, 2.05) is 0 Å². The van der Waals surface area contributed by atoms with Crippen LogP contribution >= 0.6 is 0 Å². The molecule has 21 heavy (non-hydrogen) atoms. The van der Waals surface area contributed by atoms with Crippen LogP contribution in [0.1, 0.15) is 13.0 Å². The van der Waals surface area contributed by atoms with Crippen LogP contribution in [-0.4, -0.2) is 17.6 Å². The zero-order chi connectivity index (χ0) is 15.4. The first-order chi connectivity index (χ1) is 10.0. The average molecular weight is 290 g/mol. The van der Waals surface area contributed by atoms with Crippen LogP contribution in [-0.2, 0) is 4.79 Å². The van der Waals surface area contributed by atoms with E-state index < -0.39 is 6.04 Å². The second-order valence-electron chi connectivity index (χ2n) is 4.46. The van der Waals surface area contributed by atoms with Crippen LogP contribution < -0.4 is 15.6 Å². The summed E-state index contributed by atoms with van der Waals surface area (Å²) in [6.45, 7) is 1.60. The van der Waals surface area contributed by atoms with E-state index in [1.165, 1.54) is 48.2 Å². The molecule has 0 radical (unpaired) electrons. The predicted octanol–water partition coefficient (Wildman–Crippen LogP) is 2.20. The molecule has 0 aliphatic carbocycles. The molecule has 0 fully saturated rings. The van der Waals surface area contributed by atoms with Crippen molar-refractivity contribution in [2.24, 2.45) is 0 Å². The quantitative estimate of drug-likeness (QED) is 0.939. The van der Waals surface area contributed by atoms with Crippen LogP contribution in [0.2, 0.25) is 0 Å². The summed E-state index contributed by atoms with van der Waals surface area (Å²) in [6, 6.07) is 7.84. The maximum absolute atomic E-state index is 12.8. The summed E-state index contributed by atoms with van der Waals surface area (Å²) in [6.07, 6.45) is 1.51. The van der Waals surface area contributed by atoms with E-state index in [9.17, 15) is 14.0 Å². The van der Waals surface area contributed by atoms with Crippen molar-refractivity contribution in [1.29, 1.82) is 0 Å². The second kappa shape index (κ2) is 6.21. The number of anilines is 1. The smallest absolute Gasteiger partial charge is 0.293 e. The number of carbonyl (C=O) groups excluding carboxylic acids is 1. The summed E-state index contributed by atoms with van der Waals surface area (Å²) in [5, 5.41) is 2.63. The zero-order valence-electron chi connectivity index (χ0n) is 11.7. The summed E-state index contributed by atoms with van der Waals surface area (Å²) in [7, 11) is 1.39. The van der Waals surface area contributed by atoms with Crippen molar-refractivity contribution in [2.75, 3.05) is 12.4 Å². The molecule has 5 nitrogen and oxygen atoms in total. The lowest BCUT2D eigenvalue weighted by molar-refractivity contribution is -0.118. The molecule has 0 aliphatic heterocycles. The third-order valence-electron chi connectivity index (χ3n) is 3.07. The van der Waals surface area contributed by atoms with Crippen molar-refractivity contribution in [3.63, 3.8) is 0 Å². The highest BCUT2D eigenvalue weighted by Gasteiger charge is 2.17. The monoisotopic (exact) mass is 290 g/mol. The largest absolute Gasteiger partial charge is 0.491 e. The van der Waals surface area contributed by atoms with E-state index in [2.05, 4.69) is 5.32 Å². The fourth-order valence-electron chi connectivity index (χ4n) is 1.86. The zero-order valence-corrected chi connectivity index (χ0v) is 11.7. The molecule has 1 heterocycles. The molecule has 0 saturated heterocycles. The van der Waals surface area contributed by atoms with Crippen LogP contribution in [0.25, 0.3) is 0 Å². The first kappa shape index (κ1) is 14.8. The van der Waals surface area contributed by atoms with E-state index in [-0.39, 0.29) is 23.0 Å². The Morgan fingerprint density at radius 3 is 2.57 bits per heavy atom. The minimum atomic E-state index is -0.724. The summed E-state index contributed by atoms with van der Waals surface area (Å²) < 4.78 is 19.0. The number of pyridine rings is 1.